The number of piperazine rings is 1. The van der Waals surface area contributed by atoms with Crippen molar-refractivity contribution in [1.29, 1.82) is 0 Å². The van der Waals surface area contributed by atoms with Crippen molar-refractivity contribution in [3.05, 3.63) is 24.5 Å². The summed E-state index contributed by atoms with van der Waals surface area (Å²) in [5, 5.41) is 12.0. The minimum absolute atomic E-state index is 0.649. The molecule has 0 aromatic carbocycles. The number of anilines is 1. The number of hydrogen-bond acceptors (Lipinski definition) is 4. The molecule has 6 heteroatoms. The quantitative estimate of drug-likeness (QED) is 0.777. The van der Waals surface area contributed by atoms with Gasteiger partial charge in [0.25, 0.3) is 0 Å². The van der Waals surface area contributed by atoms with Crippen LogP contribution in [-0.4, -0.2) is 42.3 Å². The van der Waals surface area contributed by atoms with Crippen molar-refractivity contribution in [3.8, 4) is 0 Å². The number of aromatic nitrogens is 1. The minimum atomic E-state index is -1.25. The number of rotatable bonds is 2. The van der Waals surface area contributed by atoms with Crippen molar-refractivity contribution in [3.63, 3.8) is 0 Å². The van der Waals surface area contributed by atoms with Gasteiger partial charge in [0.05, 0.1) is 0 Å². The molecule has 1 aliphatic heterocycles. The Morgan fingerprint density at radius 1 is 1.19 bits per heavy atom. The van der Waals surface area contributed by atoms with Gasteiger partial charge in [0, 0.05) is 44.3 Å². The second-order valence-corrected chi connectivity index (χ2v) is 3.58. The number of nitrogens with zero attached hydrogens (tertiary/aromatic N) is 3. The first-order chi connectivity index (χ1) is 7.75. The SMILES string of the molecule is [O]C(=O)NN1CCN(c2ccncc2)CC1. The van der Waals surface area contributed by atoms with E-state index in [1.165, 1.54) is 0 Å². The molecule has 1 N–H and O–H groups in total. The third kappa shape index (κ3) is 2.60. The van der Waals surface area contributed by atoms with Crippen LogP contribution in [-0.2, 0) is 5.11 Å². The molecule has 1 radical (unpaired) electrons. The van der Waals surface area contributed by atoms with Gasteiger partial charge in [0.2, 0.25) is 0 Å². The molecule has 85 valence electrons. The first-order valence-electron chi connectivity index (χ1n) is 5.13. The van der Waals surface area contributed by atoms with E-state index in [2.05, 4.69) is 15.3 Å². The molecule has 2 rings (SSSR count). The fraction of sp³-hybridized carbons (Fsp3) is 0.400. The molecule has 1 aliphatic rings. The lowest BCUT2D eigenvalue weighted by Gasteiger charge is -2.35. The molecule has 1 amide bonds. The van der Waals surface area contributed by atoms with Crippen molar-refractivity contribution in [1.82, 2.24) is 15.4 Å². The van der Waals surface area contributed by atoms with Gasteiger partial charge in [-0.3, -0.25) is 10.4 Å². The van der Waals surface area contributed by atoms with Crippen molar-refractivity contribution >= 4 is 11.8 Å². The summed E-state index contributed by atoms with van der Waals surface area (Å²) in [6, 6.07) is 3.89. The molecule has 6 nitrogen and oxygen atoms in total. The van der Waals surface area contributed by atoms with Gasteiger partial charge in [-0.15, -0.1) is 0 Å². The Kier molecular flexibility index (Phi) is 3.21. The van der Waals surface area contributed by atoms with Gasteiger partial charge < -0.3 is 4.90 Å². The number of carbonyl (C=O) groups is 1. The second-order valence-electron chi connectivity index (χ2n) is 3.58. The van der Waals surface area contributed by atoms with Crippen LogP contribution in [0, 0.1) is 0 Å². The van der Waals surface area contributed by atoms with Gasteiger partial charge in [-0.2, -0.15) is 0 Å². The largest absolute Gasteiger partial charge is 0.464 e. The highest BCUT2D eigenvalue weighted by atomic mass is 16.4. The van der Waals surface area contributed by atoms with E-state index in [-0.39, 0.29) is 0 Å². The van der Waals surface area contributed by atoms with Crippen molar-refractivity contribution in [2.45, 2.75) is 0 Å². The molecule has 0 spiro atoms. The van der Waals surface area contributed by atoms with Crippen LogP contribution in [0.1, 0.15) is 0 Å². The van der Waals surface area contributed by atoms with E-state index in [1.54, 1.807) is 17.4 Å². The van der Waals surface area contributed by atoms with E-state index >= 15 is 0 Å². The monoisotopic (exact) mass is 221 g/mol. The van der Waals surface area contributed by atoms with Crippen molar-refractivity contribution < 1.29 is 9.90 Å². The number of pyridine rings is 1. The maximum atomic E-state index is 10.3. The predicted molar refractivity (Wildman–Crippen MR) is 57.2 cm³/mol. The molecule has 0 aliphatic carbocycles. The van der Waals surface area contributed by atoms with Crippen molar-refractivity contribution in [2.75, 3.05) is 31.1 Å². The fourth-order valence-electron chi connectivity index (χ4n) is 1.76. The third-order valence-corrected chi connectivity index (χ3v) is 2.56. The van der Waals surface area contributed by atoms with Crippen LogP contribution in [0.25, 0.3) is 0 Å². The molecule has 1 aromatic heterocycles. The van der Waals surface area contributed by atoms with Crippen LogP contribution in [0.5, 0.6) is 0 Å². The molecule has 1 aromatic rings. The van der Waals surface area contributed by atoms with E-state index in [4.69, 9.17) is 0 Å². The molecular formula is C10H13N4O2. The number of hydrogen-bond donors (Lipinski definition) is 1. The molecule has 0 unspecified atom stereocenters. The van der Waals surface area contributed by atoms with Gasteiger partial charge >= 0.3 is 6.09 Å². The first-order valence-corrected chi connectivity index (χ1v) is 5.13. The fourth-order valence-corrected chi connectivity index (χ4v) is 1.76. The van der Waals surface area contributed by atoms with E-state index in [9.17, 15) is 9.90 Å². The molecule has 2 heterocycles. The van der Waals surface area contributed by atoms with Gasteiger partial charge in [-0.1, -0.05) is 0 Å². The zero-order valence-electron chi connectivity index (χ0n) is 8.80. The Bertz CT molecular complexity index is 349. The van der Waals surface area contributed by atoms with Crippen LogP contribution in [0.2, 0.25) is 0 Å². The second kappa shape index (κ2) is 4.80. The van der Waals surface area contributed by atoms with E-state index in [0.29, 0.717) is 13.1 Å². The highest BCUT2D eigenvalue weighted by Gasteiger charge is 2.18. The van der Waals surface area contributed by atoms with E-state index < -0.39 is 6.09 Å². The van der Waals surface area contributed by atoms with Crippen molar-refractivity contribution in [2.24, 2.45) is 0 Å². The van der Waals surface area contributed by atoms with E-state index in [0.717, 1.165) is 18.8 Å². The summed E-state index contributed by atoms with van der Waals surface area (Å²) in [7, 11) is 0. The Hall–Kier alpha value is -1.82. The van der Waals surface area contributed by atoms with Gasteiger partial charge in [-0.25, -0.2) is 14.9 Å². The zero-order chi connectivity index (χ0) is 11.4. The van der Waals surface area contributed by atoms with Gasteiger partial charge in [0.15, 0.2) is 0 Å². The number of hydrazine groups is 1. The molecule has 1 fully saturated rings. The lowest BCUT2D eigenvalue weighted by molar-refractivity contribution is 0.115. The Morgan fingerprint density at radius 2 is 1.81 bits per heavy atom. The highest BCUT2D eigenvalue weighted by molar-refractivity contribution is 5.63. The Morgan fingerprint density at radius 3 is 2.38 bits per heavy atom. The van der Waals surface area contributed by atoms with E-state index in [1.807, 2.05) is 12.1 Å². The molecule has 1 saturated heterocycles. The predicted octanol–water partition coefficient (Wildman–Crippen LogP) is 0.259. The lowest BCUT2D eigenvalue weighted by Crippen LogP contribution is -2.53. The van der Waals surface area contributed by atoms with Crippen LogP contribution in [0.3, 0.4) is 0 Å². The third-order valence-electron chi connectivity index (χ3n) is 2.56. The maximum absolute atomic E-state index is 10.3. The number of nitrogens with one attached hydrogen (secondary N) is 1. The zero-order valence-corrected chi connectivity index (χ0v) is 8.80. The average molecular weight is 221 g/mol. The van der Waals surface area contributed by atoms with Gasteiger partial charge in [0.1, 0.15) is 0 Å². The lowest BCUT2D eigenvalue weighted by atomic mass is 10.3. The Balaban J connectivity index is 1.88. The molecule has 0 saturated carbocycles. The van der Waals surface area contributed by atoms with Crippen LogP contribution < -0.4 is 10.3 Å². The standard InChI is InChI=1S/C10H13N4O2/c15-10(16)12-14-7-5-13(6-8-14)9-1-3-11-4-2-9/h1-4,12H,5-8H2. The highest BCUT2D eigenvalue weighted by Crippen LogP contribution is 2.13. The summed E-state index contributed by atoms with van der Waals surface area (Å²) >= 11 is 0. The number of carbonyl (C=O) groups excluding carboxylic acids is 1. The summed E-state index contributed by atoms with van der Waals surface area (Å²) in [5.74, 6) is 0. The normalized spacial score (nSPS) is 17.1. The molecule has 16 heavy (non-hydrogen) atoms. The molecular weight excluding hydrogens is 208 g/mol. The first kappa shape index (κ1) is 10.7. The van der Waals surface area contributed by atoms with Gasteiger partial charge in [-0.05, 0) is 12.1 Å². The van der Waals surface area contributed by atoms with Crippen LogP contribution in [0.4, 0.5) is 10.5 Å². The van der Waals surface area contributed by atoms with Crippen LogP contribution >= 0.6 is 0 Å². The molecule has 0 atom stereocenters. The summed E-state index contributed by atoms with van der Waals surface area (Å²) in [6.45, 7) is 2.86. The minimum Gasteiger partial charge on any atom is -0.369 e. The van der Waals surface area contributed by atoms with Crippen LogP contribution in [0.15, 0.2) is 24.5 Å². The average Bonchev–Trinajstić information content (AvgIpc) is 2.30. The maximum Gasteiger partial charge on any atom is 0.464 e. The topological polar surface area (TPSA) is 68.4 Å². The Labute approximate surface area is 93.5 Å². The number of amides is 1. The summed E-state index contributed by atoms with van der Waals surface area (Å²) in [6.07, 6.45) is 2.25. The smallest absolute Gasteiger partial charge is 0.369 e. The molecule has 0 bridgehead atoms. The summed E-state index contributed by atoms with van der Waals surface area (Å²) in [4.78, 5) is 16.5. The summed E-state index contributed by atoms with van der Waals surface area (Å²) < 4.78 is 0. The summed E-state index contributed by atoms with van der Waals surface area (Å²) in [5.41, 5.74) is 3.37.